The summed E-state index contributed by atoms with van der Waals surface area (Å²) in [6.07, 6.45) is 4.31. The summed E-state index contributed by atoms with van der Waals surface area (Å²) in [5.74, 6) is 0.707. The molecule has 1 nitrogen and oxygen atoms in total. The van der Waals surface area contributed by atoms with Gasteiger partial charge < -0.3 is 0 Å². The Kier molecular flexibility index (Phi) is 4.81. The smallest absolute Gasteiger partial charge is 0.215 e. The van der Waals surface area contributed by atoms with Crippen LogP contribution in [-0.2, 0) is 10.9 Å². The first-order chi connectivity index (χ1) is 7.84. The van der Waals surface area contributed by atoms with Gasteiger partial charge in [-0.05, 0) is 41.9 Å². The van der Waals surface area contributed by atoms with Crippen LogP contribution < -0.4 is 0 Å². The Morgan fingerprint density at radius 3 is 2.12 bits per heavy atom. The van der Waals surface area contributed by atoms with Crippen LogP contribution in [0.15, 0.2) is 18.2 Å². The predicted molar refractivity (Wildman–Crippen MR) is 78.1 cm³/mol. The fourth-order valence-corrected chi connectivity index (χ4v) is 3.77. The van der Waals surface area contributed by atoms with Crippen molar-refractivity contribution < 1.29 is 4.79 Å². The van der Waals surface area contributed by atoms with Crippen LogP contribution in [0.1, 0.15) is 35.3 Å². The Hall–Kier alpha value is -0.760. The third-order valence-electron chi connectivity index (χ3n) is 3.16. The minimum absolute atomic E-state index is 0.124. The molecule has 0 aliphatic carbocycles. The highest BCUT2D eigenvalue weighted by Gasteiger charge is 2.33. The Bertz CT molecular complexity index is 399. The van der Waals surface area contributed by atoms with Crippen LogP contribution in [0.5, 0.6) is 0 Å². The van der Waals surface area contributed by atoms with Gasteiger partial charge in [0.25, 0.3) is 0 Å². The van der Waals surface area contributed by atoms with Crippen molar-refractivity contribution in [3.05, 3.63) is 34.9 Å². The fraction of sp³-hybridized carbons (Fsp3) is 0.533. The summed E-state index contributed by atoms with van der Waals surface area (Å²) in [5.41, 5.74) is 3.31. The molecule has 17 heavy (non-hydrogen) atoms. The molecule has 0 aliphatic heterocycles. The number of benzene rings is 1. The lowest BCUT2D eigenvalue weighted by atomic mass is 9.97. The van der Waals surface area contributed by atoms with Gasteiger partial charge in [-0.1, -0.05) is 26.0 Å². The molecular weight excluding hydrogens is 228 g/mol. The Balaban J connectivity index is 3.06. The maximum absolute atomic E-state index is 12.5. The van der Waals surface area contributed by atoms with Gasteiger partial charge in [-0.2, -0.15) is 0 Å². The molecule has 0 aliphatic rings. The average Bonchev–Trinajstić information content (AvgIpc) is 2.20. The molecule has 0 saturated carbocycles. The van der Waals surface area contributed by atoms with Crippen LogP contribution in [0.4, 0.5) is 0 Å². The number of carbonyl (C=O) groups is 1. The molecule has 0 bridgehead atoms. The lowest BCUT2D eigenvalue weighted by molar-refractivity contribution is 0.0974. The number of hydrogen-bond donors (Lipinski definition) is 0. The van der Waals surface area contributed by atoms with Gasteiger partial charge in [-0.3, -0.25) is 4.79 Å². The molecule has 0 fully saturated rings. The van der Waals surface area contributed by atoms with E-state index in [0.717, 1.165) is 5.56 Å². The molecular formula is C15H23OS+. The molecule has 2 heteroatoms. The molecule has 0 amide bonds. The van der Waals surface area contributed by atoms with Crippen LogP contribution in [0, 0.1) is 19.8 Å². The number of rotatable bonds is 4. The second-order valence-corrected chi connectivity index (χ2v) is 7.47. The zero-order valence-corrected chi connectivity index (χ0v) is 12.5. The lowest BCUT2D eigenvalue weighted by Crippen LogP contribution is -2.34. The first-order valence-corrected chi connectivity index (χ1v) is 8.13. The second kappa shape index (κ2) is 5.72. The molecule has 0 aromatic heterocycles. The van der Waals surface area contributed by atoms with Crippen molar-refractivity contribution in [1.29, 1.82) is 0 Å². The number of aryl methyl sites for hydroxylation is 2. The van der Waals surface area contributed by atoms with E-state index in [1.165, 1.54) is 11.1 Å². The first-order valence-electron chi connectivity index (χ1n) is 6.02. The number of ketones is 1. The monoisotopic (exact) mass is 251 g/mol. The molecule has 0 radical (unpaired) electrons. The molecule has 0 saturated heterocycles. The molecule has 1 unspecified atom stereocenters. The summed E-state index contributed by atoms with van der Waals surface area (Å²) in [7, 11) is 0.124. The average molecular weight is 251 g/mol. The summed E-state index contributed by atoms with van der Waals surface area (Å²) >= 11 is 0. The van der Waals surface area contributed by atoms with E-state index in [1.54, 1.807) is 0 Å². The van der Waals surface area contributed by atoms with Crippen LogP contribution in [0.2, 0.25) is 0 Å². The van der Waals surface area contributed by atoms with Crippen molar-refractivity contribution in [2.45, 2.75) is 32.9 Å². The number of carbonyl (C=O) groups excluding carboxylic acids is 1. The maximum atomic E-state index is 12.5. The Labute approximate surface area is 108 Å². The van der Waals surface area contributed by atoms with Gasteiger partial charge in [0.1, 0.15) is 0 Å². The van der Waals surface area contributed by atoms with E-state index in [4.69, 9.17) is 0 Å². The van der Waals surface area contributed by atoms with Gasteiger partial charge in [0.15, 0.2) is 5.25 Å². The van der Waals surface area contributed by atoms with Gasteiger partial charge in [0.05, 0.1) is 12.5 Å². The molecule has 0 N–H and O–H groups in total. The summed E-state index contributed by atoms with van der Waals surface area (Å²) in [6, 6.07) is 6.04. The minimum atomic E-state index is 0.124. The SMILES string of the molecule is Cc1ccc(C(=O)C(C(C)C)[S+](C)C)cc1C. The highest BCUT2D eigenvalue weighted by molar-refractivity contribution is 7.96. The topological polar surface area (TPSA) is 17.1 Å². The maximum Gasteiger partial charge on any atom is 0.215 e. The van der Waals surface area contributed by atoms with E-state index in [-0.39, 0.29) is 16.1 Å². The fourth-order valence-electron chi connectivity index (χ4n) is 2.12. The molecule has 94 valence electrons. The predicted octanol–water partition coefficient (Wildman–Crippen LogP) is 3.39. The quantitative estimate of drug-likeness (QED) is 0.592. The van der Waals surface area contributed by atoms with Crippen molar-refractivity contribution >= 4 is 16.7 Å². The van der Waals surface area contributed by atoms with E-state index < -0.39 is 0 Å². The first kappa shape index (κ1) is 14.3. The third-order valence-corrected chi connectivity index (χ3v) is 4.94. The zero-order chi connectivity index (χ0) is 13.2. The van der Waals surface area contributed by atoms with Gasteiger partial charge in [-0.25, -0.2) is 0 Å². The molecule has 1 rings (SSSR count). The number of hydrogen-bond acceptors (Lipinski definition) is 1. The van der Waals surface area contributed by atoms with Gasteiger partial charge >= 0.3 is 0 Å². The lowest BCUT2D eigenvalue weighted by Gasteiger charge is -2.16. The summed E-state index contributed by atoms with van der Waals surface area (Å²) in [6.45, 7) is 8.41. The third kappa shape index (κ3) is 3.35. The summed E-state index contributed by atoms with van der Waals surface area (Å²) in [5, 5.41) is 0.150. The normalized spacial score (nSPS) is 13.2. The molecule has 1 aromatic carbocycles. The Morgan fingerprint density at radius 2 is 1.71 bits per heavy atom. The Morgan fingerprint density at radius 1 is 1.12 bits per heavy atom. The van der Waals surface area contributed by atoms with Crippen LogP contribution in [0.25, 0.3) is 0 Å². The summed E-state index contributed by atoms with van der Waals surface area (Å²) < 4.78 is 0. The molecule has 1 aromatic rings. The van der Waals surface area contributed by atoms with Crippen molar-refractivity contribution in [2.75, 3.05) is 12.5 Å². The van der Waals surface area contributed by atoms with Crippen molar-refractivity contribution in [3.8, 4) is 0 Å². The molecule has 1 atom stereocenters. The van der Waals surface area contributed by atoms with Crippen molar-refractivity contribution in [2.24, 2.45) is 5.92 Å². The van der Waals surface area contributed by atoms with Crippen molar-refractivity contribution in [1.82, 2.24) is 0 Å². The van der Waals surface area contributed by atoms with Gasteiger partial charge in [0.2, 0.25) is 5.78 Å². The molecule has 0 heterocycles. The van der Waals surface area contributed by atoms with E-state index in [1.807, 2.05) is 18.2 Å². The van der Waals surface area contributed by atoms with Crippen LogP contribution in [-0.4, -0.2) is 23.5 Å². The van der Waals surface area contributed by atoms with E-state index in [0.29, 0.717) is 11.7 Å². The minimum Gasteiger partial charge on any atom is -0.288 e. The zero-order valence-electron chi connectivity index (χ0n) is 11.7. The van der Waals surface area contributed by atoms with Gasteiger partial charge in [-0.15, -0.1) is 0 Å². The largest absolute Gasteiger partial charge is 0.288 e. The summed E-state index contributed by atoms with van der Waals surface area (Å²) in [4.78, 5) is 12.5. The highest BCUT2D eigenvalue weighted by Crippen LogP contribution is 2.19. The van der Waals surface area contributed by atoms with Crippen LogP contribution in [0.3, 0.4) is 0 Å². The highest BCUT2D eigenvalue weighted by atomic mass is 32.2. The standard InChI is InChI=1S/C15H23OS/c1-10(2)15(17(5)6)14(16)13-8-7-11(3)12(4)9-13/h7-10,15H,1-6H3/q+1. The van der Waals surface area contributed by atoms with E-state index >= 15 is 0 Å². The second-order valence-electron chi connectivity index (χ2n) is 5.21. The van der Waals surface area contributed by atoms with Gasteiger partial charge in [0, 0.05) is 11.5 Å². The molecule has 0 spiro atoms. The van der Waals surface area contributed by atoms with E-state index in [2.05, 4.69) is 40.2 Å². The number of Topliss-reactive ketones (excluding diaryl/α,β-unsaturated/α-hetero) is 1. The van der Waals surface area contributed by atoms with Crippen LogP contribution >= 0.6 is 0 Å². The van der Waals surface area contributed by atoms with Crippen molar-refractivity contribution in [3.63, 3.8) is 0 Å². The van der Waals surface area contributed by atoms with E-state index in [9.17, 15) is 4.79 Å².